The van der Waals surface area contributed by atoms with E-state index in [4.69, 9.17) is 4.74 Å². The van der Waals surface area contributed by atoms with E-state index in [9.17, 15) is 19.8 Å². The van der Waals surface area contributed by atoms with Crippen molar-refractivity contribution in [2.24, 2.45) is 0 Å². The largest absolute Gasteiger partial charge is 0.466 e. The Morgan fingerprint density at radius 3 is 0.973 bits per heavy atom. The van der Waals surface area contributed by atoms with E-state index in [0.717, 1.165) is 44.9 Å². The van der Waals surface area contributed by atoms with Crippen LogP contribution >= 0.6 is 0 Å². The first kappa shape index (κ1) is 73.1. The maximum absolute atomic E-state index is 12.5. The third kappa shape index (κ3) is 61.2. The molecule has 75 heavy (non-hydrogen) atoms. The number of carbonyl (C=O) groups excluding carboxylic acids is 2. The molecule has 0 aliphatic heterocycles. The van der Waals surface area contributed by atoms with E-state index in [1.54, 1.807) is 6.08 Å². The molecule has 6 nitrogen and oxygen atoms in total. The van der Waals surface area contributed by atoms with Crippen molar-refractivity contribution in [3.05, 3.63) is 36.5 Å². The van der Waals surface area contributed by atoms with Crippen LogP contribution in [0.25, 0.3) is 0 Å². The summed E-state index contributed by atoms with van der Waals surface area (Å²) in [5.74, 6) is -0.0586. The SMILES string of the molecule is CCCCC/C=C\CCCCCCCC(=O)OCCCCCCCCCCCCCC/C=C\CCCCCCCCCCCCCCCC(=O)NC(CO)C(O)/C=C/CCCCCCCCCCCCCCCCC. The predicted molar refractivity (Wildman–Crippen MR) is 329 cm³/mol. The topological polar surface area (TPSA) is 95.9 Å². The lowest BCUT2D eigenvalue weighted by Gasteiger charge is -2.20. The van der Waals surface area contributed by atoms with Gasteiger partial charge in [-0.2, -0.15) is 0 Å². The molecule has 0 spiro atoms. The molecule has 2 unspecified atom stereocenters. The monoisotopic (exact) mass is 1050 g/mol. The molecular weight excluding hydrogens is 923 g/mol. The molecule has 0 aromatic rings. The number of ether oxygens (including phenoxy) is 1. The summed E-state index contributed by atoms with van der Waals surface area (Å²) in [5.41, 5.74) is 0. The van der Waals surface area contributed by atoms with Gasteiger partial charge in [-0.05, 0) is 83.5 Å². The average molecular weight is 1050 g/mol. The van der Waals surface area contributed by atoms with Crippen molar-refractivity contribution in [3.63, 3.8) is 0 Å². The second-order valence-electron chi connectivity index (χ2n) is 23.1. The van der Waals surface area contributed by atoms with Crippen molar-refractivity contribution >= 4 is 11.9 Å². The van der Waals surface area contributed by atoms with Crippen molar-refractivity contribution in [1.82, 2.24) is 5.32 Å². The molecule has 6 heteroatoms. The number of aliphatic hydroxyl groups is 2. The van der Waals surface area contributed by atoms with E-state index in [0.29, 0.717) is 19.4 Å². The Labute approximate surface area is 468 Å². The number of allylic oxidation sites excluding steroid dienone is 5. The first-order chi connectivity index (χ1) is 37.0. The van der Waals surface area contributed by atoms with Gasteiger partial charge in [0.15, 0.2) is 0 Å². The quantitative estimate of drug-likeness (QED) is 0.0320. The average Bonchev–Trinajstić information content (AvgIpc) is 3.41. The molecule has 2 atom stereocenters. The Morgan fingerprint density at radius 2 is 0.627 bits per heavy atom. The van der Waals surface area contributed by atoms with Crippen molar-refractivity contribution < 1.29 is 24.5 Å². The van der Waals surface area contributed by atoms with Gasteiger partial charge in [-0.1, -0.05) is 307 Å². The predicted octanol–water partition coefficient (Wildman–Crippen LogP) is 21.5. The third-order valence-electron chi connectivity index (χ3n) is 15.6. The Morgan fingerprint density at radius 1 is 0.360 bits per heavy atom. The van der Waals surface area contributed by atoms with E-state index >= 15 is 0 Å². The normalized spacial score (nSPS) is 12.7. The lowest BCUT2D eigenvalue weighted by molar-refractivity contribution is -0.143. The summed E-state index contributed by atoms with van der Waals surface area (Å²) in [6.07, 6.45) is 82.1. The van der Waals surface area contributed by atoms with E-state index in [-0.39, 0.29) is 18.5 Å². The van der Waals surface area contributed by atoms with Crippen LogP contribution in [0.5, 0.6) is 0 Å². The van der Waals surface area contributed by atoms with Gasteiger partial charge < -0.3 is 20.3 Å². The maximum Gasteiger partial charge on any atom is 0.305 e. The second kappa shape index (κ2) is 64.6. The smallest absolute Gasteiger partial charge is 0.305 e. The molecule has 0 heterocycles. The van der Waals surface area contributed by atoms with Crippen molar-refractivity contribution in [1.29, 1.82) is 0 Å². The maximum atomic E-state index is 12.5. The Hall–Kier alpha value is -1.92. The number of carbonyl (C=O) groups is 2. The summed E-state index contributed by atoms with van der Waals surface area (Å²) >= 11 is 0. The molecular formula is C69H131NO5. The molecule has 0 fully saturated rings. The van der Waals surface area contributed by atoms with Gasteiger partial charge in [0, 0.05) is 12.8 Å². The highest BCUT2D eigenvalue weighted by Gasteiger charge is 2.18. The Bertz CT molecular complexity index is 1210. The zero-order chi connectivity index (χ0) is 54.3. The summed E-state index contributed by atoms with van der Waals surface area (Å²) in [7, 11) is 0. The minimum atomic E-state index is -0.844. The van der Waals surface area contributed by atoms with Crippen molar-refractivity contribution in [3.8, 4) is 0 Å². The molecule has 0 bridgehead atoms. The zero-order valence-electron chi connectivity index (χ0n) is 50.5. The molecule has 442 valence electrons. The summed E-state index contributed by atoms with van der Waals surface area (Å²) in [6, 6.07) is -0.627. The molecule has 0 aliphatic carbocycles. The van der Waals surface area contributed by atoms with Crippen LogP contribution in [-0.2, 0) is 14.3 Å². The van der Waals surface area contributed by atoms with Crippen LogP contribution in [0, 0.1) is 0 Å². The first-order valence-electron chi connectivity index (χ1n) is 33.8. The number of hydrogen-bond acceptors (Lipinski definition) is 5. The van der Waals surface area contributed by atoms with Gasteiger partial charge in [-0.3, -0.25) is 9.59 Å². The van der Waals surface area contributed by atoms with Crippen molar-refractivity contribution in [2.75, 3.05) is 13.2 Å². The minimum absolute atomic E-state index is 0.00617. The molecule has 3 N–H and O–H groups in total. The number of aliphatic hydroxyl groups excluding tert-OH is 2. The lowest BCUT2D eigenvalue weighted by atomic mass is 10.0. The second-order valence-corrected chi connectivity index (χ2v) is 23.1. The molecule has 0 aromatic carbocycles. The highest BCUT2D eigenvalue weighted by Crippen LogP contribution is 2.18. The van der Waals surface area contributed by atoms with Crippen LogP contribution in [0.3, 0.4) is 0 Å². The van der Waals surface area contributed by atoms with Gasteiger partial charge in [-0.15, -0.1) is 0 Å². The highest BCUT2D eigenvalue weighted by molar-refractivity contribution is 5.76. The number of nitrogens with one attached hydrogen (secondary N) is 1. The van der Waals surface area contributed by atoms with Crippen LogP contribution in [0.1, 0.15) is 367 Å². The van der Waals surface area contributed by atoms with E-state index < -0.39 is 12.1 Å². The fourth-order valence-corrected chi connectivity index (χ4v) is 10.4. The van der Waals surface area contributed by atoms with E-state index in [1.165, 1.54) is 295 Å². The fourth-order valence-electron chi connectivity index (χ4n) is 10.4. The Kier molecular flexibility index (Phi) is 63.0. The standard InChI is InChI=1S/C69H131NO5/c1-3-5-7-9-11-13-15-17-18-32-35-38-41-45-49-53-57-61-67(72)66(65-71)70-68(73)62-58-54-50-46-42-39-36-33-30-28-26-24-22-20-19-21-23-25-27-29-31-34-37-40-44-48-52-56-60-64-75-69(74)63-59-55-51-47-43-16-14-12-10-8-6-4-2/h12,14,19,21,57,61,66-67,71-72H,3-11,13,15-18,20,22-56,58-60,62-65H2,1-2H3,(H,70,73)/b14-12-,21-19-,61-57+. The number of hydrogen-bond donors (Lipinski definition) is 3. The van der Waals surface area contributed by atoms with Gasteiger partial charge >= 0.3 is 5.97 Å². The fraction of sp³-hybridized carbons (Fsp3) is 0.884. The molecule has 0 aromatic heterocycles. The van der Waals surface area contributed by atoms with Crippen LogP contribution in [0.15, 0.2) is 36.5 Å². The number of unbranched alkanes of at least 4 members (excludes halogenated alkanes) is 48. The van der Waals surface area contributed by atoms with Crippen LogP contribution in [-0.4, -0.2) is 47.4 Å². The molecule has 0 saturated heterocycles. The van der Waals surface area contributed by atoms with Crippen LogP contribution in [0.4, 0.5) is 0 Å². The van der Waals surface area contributed by atoms with E-state index in [2.05, 4.69) is 43.5 Å². The summed E-state index contributed by atoms with van der Waals surface area (Å²) in [6.45, 7) is 4.90. The number of amides is 1. The molecule has 0 saturated carbocycles. The van der Waals surface area contributed by atoms with Crippen molar-refractivity contribution in [2.45, 2.75) is 379 Å². The summed E-state index contributed by atoms with van der Waals surface area (Å²) < 4.78 is 5.47. The number of esters is 1. The first-order valence-corrected chi connectivity index (χ1v) is 33.8. The van der Waals surface area contributed by atoms with Gasteiger partial charge in [0.1, 0.15) is 0 Å². The van der Waals surface area contributed by atoms with Gasteiger partial charge in [0.2, 0.25) is 5.91 Å². The Balaban J connectivity index is 3.40. The van der Waals surface area contributed by atoms with Crippen LogP contribution in [0.2, 0.25) is 0 Å². The minimum Gasteiger partial charge on any atom is -0.466 e. The molecule has 1 amide bonds. The highest BCUT2D eigenvalue weighted by atomic mass is 16.5. The summed E-state index contributed by atoms with van der Waals surface area (Å²) in [5, 5.41) is 23.2. The van der Waals surface area contributed by atoms with Gasteiger partial charge in [0.05, 0.1) is 25.4 Å². The van der Waals surface area contributed by atoms with E-state index in [1.807, 2.05) is 6.08 Å². The number of rotatable bonds is 63. The molecule has 0 aliphatic rings. The lowest BCUT2D eigenvalue weighted by Crippen LogP contribution is -2.45. The molecule has 0 rings (SSSR count). The van der Waals surface area contributed by atoms with Gasteiger partial charge in [-0.25, -0.2) is 0 Å². The third-order valence-corrected chi connectivity index (χ3v) is 15.6. The van der Waals surface area contributed by atoms with Crippen LogP contribution < -0.4 is 5.32 Å². The summed E-state index contributed by atoms with van der Waals surface area (Å²) in [4.78, 5) is 24.5. The van der Waals surface area contributed by atoms with Gasteiger partial charge in [0.25, 0.3) is 0 Å². The zero-order valence-corrected chi connectivity index (χ0v) is 50.5. The molecule has 0 radical (unpaired) electrons.